The number of hydrogen-bond donors (Lipinski definition) is 0. The van der Waals surface area contributed by atoms with Gasteiger partial charge in [0.05, 0.1) is 48.6 Å². The van der Waals surface area contributed by atoms with Gasteiger partial charge in [0.25, 0.3) is 0 Å². The van der Waals surface area contributed by atoms with Crippen molar-refractivity contribution in [2.75, 3.05) is 36.0 Å². The Morgan fingerprint density at radius 2 is 0.923 bits per heavy atom. The van der Waals surface area contributed by atoms with Crippen LogP contribution in [0.5, 0.6) is 0 Å². The lowest BCUT2D eigenvalue weighted by atomic mass is 9.99. The van der Waals surface area contributed by atoms with Crippen molar-refractivity contribution in [3.05, 3.63) is 179 Å². The second-order valence-electron chi connectivity index (χ2n) is 17.0. The number of anilines is 2. The molecule has 0 N–H and O–H groups in total. The first kappa shape index (κ1) is 43.4. The summed E-state index contributed by atoms with van der Waals surface area (Å²) in [7, 11) is 0. The maximum atomic E-state index is 7.17. The zero-order valence-corrected chi connectivity index (χ0v) is 38.5. The van der Waals surface area contributed by atoms with Crippen LogP contribution in [0.25, 0.3) is 76.0 Å². The van der Waals surface area contributed by atoms with E-state index >= 15 is 0 Å². The fourth-order valence-electron chi connectivity index (χ4n) is 9.10. The van der Waals surface area contributed by atoms with Crippen molar-refractivity contribution in [1.29, 1.82) is 0 Å². The molecule has 0 saturated carbocycles. The molecule has 0 aliphatic carbocycles. The average molecular weight is 918 g/mol. The molecule has 2 fully saturated rings. The molecule has 2 saturated heterocycles. The summed E-state index contributed by atoms with van der Waals surface area (Å²) in [5, 5.41) is 2.17. The fraction of sp³-hybridized carbons (Fsp3) is 0.214. The summed E-state index contributed by atoms with van der Waals surface area (Å²) < 4.78 is 12.8. The van der Waals surface area contributed by atoms with Gasteiger partial charge in [0, 0.05) is 87.4 Å². The molecule has 0 bridgehead atoms. The van der Waals surface area contributed by atoms with Crippen LogP contribution in [-0.2, 0) is 9.47 Å². The monoisotopic (exact) mass is 916 g/mol. The van der Waals surface area contributed by atoms with Crippen molar-refractivity contribution in [2.24, 2.45) is 0 Å². The average Bonchev–Trinajstić information content (AvgIpc) is 3.33. The molecule has 6 aromatic carbocycles. The predicted octanol–water partition coefficient (Wildman–Crippen LogP) is 14.2. The highest BCUT2D eigenvalue weighted by Gasteiger charge is 2.24. The molecule has 8 aromatic rings. The molecule has 0 amide bonds. The largest absolute Gasteiger partial charge is 0.372 e. The number of benzene rings is 6. The lowest BCUT2D eigenvalue weighted by Crippen LogP contribution is -2.45. The summed E-state index contributed by atoms with van der Waals surface area (Å²) in [5.74, 6) is 0. The third kappa shape index (κ3) is 9.51. The van der Waals surface area contributed by atoms with E-state index in [1.165, 1.54) is 11.4 Å². The minimum atomic E-state index is 0.235. The van der Waals surface area contributed by atoms with E-state index in [0.29, 0.717) is 11.4 Å². The van der Waals surface area contributed by atoms with Gasteiger partial charge in [0.15, 0.2) is 11.4 Å². The van der Waals surface area contributed by atoms with Gasteiger partial charge in [-0.25, -0.2) is 9.69 Å². The van der Waals surface area contributed by atoms with E-state index in [2.05, 4.69) is 154 Å². The van der Waals surface area contributed by atoms with Crippen LogP contribution in [0.3, 0.4) is 0 Å². The Morgan fingerprint density at radius 3 is 1.43 bits per heavy atom. The first-order valence-electron chi connectivity index (χ1n) is 22.1. The number of aromatic nitrogens is 2. The highest BCUT2D eigenvalue weighted by Crippen LogP contribution is 2.38. The minimum Gasteiger partial charge on any atom is -0.372 e. The Bertz CT molecular complexity index is 3030. The second-order valence-corrected chi connectivity index (χ2v) is 17.8. The van der Waals surface area contributed by atoms with Crippen molar-refractivity contribution in [3.63, 3.8) is 0 Å². The highest BCUT2D eigenvalue weighted by atomic mass is 79.9. The van der Waals surface area contributed by atoms with Crippen LogP contribution in [0.4, 0.5) is 22.7 Å². The number of hydrogen-bond acceptors (Lipinski definition) is 6. The van der Waals surface area contributed by atoms with E-state index in [-0.39, 0.29) is 24.4 Å². The van der Waals surface area contributed by atoms with Crippen LogP contribution >= 0.6 is 15.9 Å². The van der Waals surface area contributed by atoms with E-state index < -0.39 is 0 Å². The number of pyridine rings is 2. The Labute approximate surface area is 389 Å². The Hall–Kier alpha value is -6.88. The molecular weight excluding hydrogens is 869 g/mol. The predicted molar refractivity (Wildman–Crippen MR) is 270 cm³/mol. The van der Waals surface area contributed by atoms with E-state index in [9.17, 15) is 0 Å². The topological polar surface area (TPSA) is 59.4 Å². The van der Waals surface area contributed by atoms with Crippen molar-refractivity contribution < 1.29 is 9.47 Å². The zero-order valence-electron chi connectivity index (χ0n) is 36.9. The van der Waals surface area contributed by atoms with Gasteiger partial charge in [-0.1, -0.05) is 109 Å². The SMILES string of the molecule is [C-]#[N+]c1ccc(-c2cccc3c(Br)c(-c4ccc(N5C[C@@H](C)O[C@@H](C)C5)cc4)cnc23)cc1.[C-]#[N+]c1ccc(-c2cccc3cc(-c4ccc(N5C[C@@H](C)O[C@@H](C)C5)cc4)cnc23)cc1. The Balaban J connectivity index is 0.000000164. The van der Waals surface area contributed by atoms with E-state index in [4.69, 9.17) is 32.6 Å². The van der Waals surface area contributed by atoms with Crippen LogP contribution < -0.4 is 9.80 Å². The van der Waals surface area contributed by atoms with Gasteiger partial charge >= 0.3 is 0 Å². The Kier molecular flexibility index (Phi) is 12.7. The molecular formula is C56H49BrN6O2. The van der Waals surface area contributed by atoms with Crippen molar-refractivity contribution in [3.8, 4) is 44.5 Å². The lowest BCUT2D eigenvalue weighted by molar-refractivity contribution is -0.00548. The molecule has 2 aliphatic rings. The fourth-order valence-corrected chi connectivity index (χ4v) is 9.75. The molecule has 4 heterocycles. The number of para-hydroxylation sites is 2. The molecule has 65 heavy (non-hydrogen) atoms. The van der Waals surface area contributed by atoms with Gasteiger partial charge in [-0.05, 0) is 96.2 Å². The van der Waals surface area contributed by atoms with E-state index in [1.54, 1.807) is 0 Å². The van der Waals surface area contributed by atoms with Crippen LogP contribution in [0.15, 0.2) is 156 Å². The minimum absolute atomic E-state index is 0.235. The van der Waals surface area contributed by atoms with Gasteiger partial charge in [-0.15, -0.1) is 0 Å². The molecule has 2 aliphatic heterocycles. The standard InChI is InChI=1S/C28H24BrN3O.C28H25N3O/c1-18-16-32(17-19(2)33-18)23-13-9-21(10-14-23)26-15-31-28-24(5-4-6-25(28)27(26)29)20-7-11-22(30-3)12-8-20;1-19-17-31(18-20(2)32-19)26-13-9-21(10-14-26)24-15-23-5-4-6-27(28(23)30-16-24)22-7-11-25(29-3)12-8-22/h4-15,18-19H,16-17H2,1-2H3;4-16,19-20H,17-18H2,1-2H3/t18-,19+;19-,20+. The summed E-state index contributed by atoms with van der Waals surface area (Å²) in [6.45, 7) is 26.5. The molecule has 8 nitrogen and oxygen atoms in total. The molecule has 4 atom stereocenters. The van der Waals surface area contributed by atoms with Crippen LogP contribution in [0.1, 0.15) is 27.7 Å². The molecule has 9 heteroatoms. The number of ether oxygens (including phenoxy) is 2. The van der Waals surface area contributed by atoms with Crippen LogP contribution in [0.2, 0.25) is 0 Å². The normalized spacial score (nSPS) is 18.4. The molecule has 322 valence electrons. The third-order valence-electron chi connectivity index (χ3n) is 12.1. The maximum absolute atomic E-state index is 7.17. The molecule has 2 aromatic heterocycles. The zero-order chi connectivity index (χ0) is 45.0. The smallest absolute Gasteiger partial charge is 0.187 e. The number of morpholine rings is 2. The van der Waals surface area contributed by atoms with Gasteiger partial charge in [0.1, 0.15) is 0 Å². The maximum Gasteiger partial charge on any atom is 0.187 e. The highest BCUT2D eigenvalue weighted by molar-refractivity contribution is 9.10. The number of rotatable bonds is 6. The lowest BCUT2D eigenvalue weighted by Gasteiger charge is -2.36. The van der Waals surface area contributed by atoms with E-state index in [1.807, 2.05) is 60.9 Å². The van der Waals surface area contributed by atoms with Crippen LogP contribution in [0, 0.1) is 13.1 Å². The number of fused-ring (bicyclic) bond motifs is 2. The first-order chi connectivity index (χ1) is 31.6. The summed E-state index contributed by atoms with van der Waals surface area (Å²) >= 11 is 3.85. The van der Waals surface area contributed by atoms with Gasteiger partial charge in [-0.3, -0.25) is 9.97 Å². The molecule has 0 unspecified atom stereocenters. The van der Waals surface area contributed by atoms with Gasteiger partial charge in [-0.2, -0.15) is 0 Å². The summed E-state index contributed by atoms with van der Waals surface area (Å²) in [6.07, 6.45) is 4.85. The summed E-state index contributed by atoms with van der Waals surface area (Å²) in [6, 6.07) is 47.5. The second kappa shape index (κ2) is 19.1. The van der Waals surface area contributed by atoms with Crippen molar-refractivity contribution in [2.45, 2.75) is 52.1 Å². The number of halogens is 1. The third-order valence-corrected chi connectivity index (χ3v) is 13.0. The van der Waals surface area contributed by atoms with E-state index in [0.717, 1.165) is 97.0 Å². The molecule has 0 spiro atoms. The van der Waals surface area contributed by atoms with Crippen molar-refractivity contribution >= 4 is 60.5 Å². The number of nitrogens with zero attached hydrogens (tertiary/aromatic N) is 6. The first-order valence-corrected chi connectivity index (χ1v) is 22.9. The van der Waals surface area contributed by atoms with Crippen LogP contribution in [-0.4, -0.2) is 60.6 Å². The molecule has 0 radical (unpaired) electrons. The molecule has 10 rings (SSSR count). The van der Waals surface area contributed by atoms with Gasteiger partial charge in [0.2, 0.25) is 0 Å². The summed E-state index contributed by atoms with van der Waals surface area (Å²) in [5.41, 5.74) is 14.4. The van der Waals surface area contributed by atoms with Crippen molar-refractivity contribution in [1.82, 2.24) is 9.97 Å². The Morgan fingerprint density at radius 1 is 0.492 bits per heavy atom. The summed E-state index contributed by atoms with van der Waals surface area (Å²) in [4.78, 5) is 21.4. The van der Waals surface area contributed by atoms with Gasteiger partial charge < -0.3 is 19.3 Å². The quantitative estimate of drug-likeness (QED) is 0.155.